The molecule has 1 aromatic heterocycles. The fourth-order valence-corrected chi connectivity index (χ4v) is 1.65. The molecule has 0 fully saturated rings. The number of hydrogen-bond acceptors (Lipinski definition) is 5. The van der Waals surface area contributed by atoms with Crippen LogP contribution in [-0.2, 0) is 6.18 Å². The van der Waals surface area contributed by atoms with Crippen molar-refractivity contribution in [2.45, 2.75) is 26.1 Å². The minimum absolute atomic E-state index is 0.688. The first-order valence-electron chi connectivity index (χ1n) is 5.83. The maximum absolute atomic E-state index is 13.0. The van der Waals surface area contributed by atoms with E-state index in [1.54, 1.807) is 0 Å². The van der Waals surface area contributed by atoms with Crippen LogP contribution in [0.5, 0.6) is 11.6 Å². The highest BCUT2D eigenvalue weighted by Crippen LogP contribution is 2.40. The third-order valence-electron chi connectivity index (χ3n) is 2.37. The van der Waals surface area contributed by atoms with Crippen molar-refractivity contribution in [2.24, 2.45) is 0 Å². The Hall–Kier alpha value is -2.52. The molecule has 0 saturated carbocycles. The van der Waals surface area contributed by atoms with Gasteiger partial charge in [0.2, 0.25) is 5.88 Å². The second-order valence-corrected chi connectivity index (χ2v) is 4.32. The Balaban J connectivity index is 3.88. The van der Waals surface area contributed by atoms with Crippen LogP contribution in [0.15, 0.2) is 0 Å². The van der Waals surface area contributed by atoms with E-state index in [1.165, 1.54) is 13.8 Å². The van der Waals surface area contributed by atoms with Crippen molar-refractivity contribution in [1.29, 1.82) is 0 Å². The summed E-state index contributed by atoms with van der Waals surface area (Å²) in [6.07, 6.45) is -5.82. The SMILES string of the molecule is COc1c(C(=O)O)c(OC(C)C)nc(C(F)(F)F)c1C(=O)O. The van der Waals surface area contributed by atoms with E-state index in [-0.39, 0.29) is 0 Å². The van der Waals surface area contributed by atoms with Gasteiger partial charge in [-0.15, -0.1) is 0 Å². The van der Waals surface area contributed by atoms with Gasteiger partial charge in [-0.2, -0.15) is 13.2 Å². The smallest absolute Gasteiger partial charge is 0.434 e. The summed E-state index contributed by atoms with van der Waals surface area (Å²) in [5.41, 5.74) is -4.07. The summed E-state index contributed by atoms with van der Waals surface area (Å²) in [6, 6.07) is 0. The van der Waals surface area contributed by atoms with Crippen molar-refractivity contribution in [3.8, 4) is 11.6 Å². The maximum Gasteiger partial charge on any atom is 0.434 e. The number of aromatic nitrogens is 1. The second kappa shape index (κ2) is 6.08. The van der Waals surface area contributed by atoms with Crippen molar-refractivity contribution in [1.82, 2.24) is 4.98 Å². The largest absolute Gasteiger partial charge is 0.495 e. The van der Waals surface area contributed by atoms with E-state index < -0.39 is 52.7 Å². The highest BCUT2D eigenvalue weighted by atomic mass is 19.4. The number of aromatic carboxylic acids is 2. The van der Waals surface area contributed by atoms with Crippen LogP contribution in [0, 0.1) is 0 Å². The second-order valence-electron chi connectivity index (χ2n) is 4.32. The molecule has 0 aliphatic rings. The van der Waals surface area contributed by atoms with Gasteiger partial charge in [-0.1, -0.05) is 0 Å². The van der Waals surface area contributed by atoms with Crippen LogP contribution < -0.4 is 9.47 Å². The molecule has 0 aromatic carbocycles. The Labute approximate surface area is 122 Å². The predicted molar refractivity (Wildman–Crippen MR) is 65.5 cm³/mol. The van der Waals surface area contributed by atoms with Gasteiger partial charge < -0.3 is 19.7 Å². The van der Waals surface area contributed by atoms with Crippen LogP contribution in [0.4, 0.5) is 13.2 Å². The molecular weight excluding hydrogens is 311 g/mol. The topological polar surface area (TPSA) is 106 Å². The summed E-state index contributed by atoms with van der Waals surface area (Å²) in [7, 11) is 0.855. The summed E-state index contributed by atoms with van der Waals surface area (Å²) in [5.74, 6) is -5.58. The van der Waals surface area contributed by atoms with Crippen molar-refractivity contribution >= 4 is 11.9 Å². The zero-order chi connectivity index (χ0) is 17.2. The fourth-order valence-electron chi connectivity index (χ4n) is 1.65. The van der Waals surface area contributed by atoms with E-state index in [9.17, 15) is 22.8 Å². The predicted octanol–water partition coefficient (Wildman–Crippen LogP) is 2.29. The first-order chi connectivity index (χ1) is 10.0. The van der Waals surface area contributed by atoms with Crippen molar-refractivity contribution < 1.29 is 42.4 Å². The fraction of sp³-hybridized carbons (Fsp3) is 0.417. The van der Waals surface area contributed by atoms with Crippen molar-refractivity contribution in [2.75, 3.05) is 7.11 Å². The molecule has 0 unspecified atom stereocenters. The molecule has 2 N–H and O–H groups in total. The number of rotatable bonds is 5. The van der Waals surface area contributed by atoms with Gasteiger partial charge in [0.1, 0.15) is 5.56 Å². The van der Waals surface area contributed by atoms with Gasteiger partial charge in [0.15, 0.2) is 17.0 Å². The number of carboxylic acid groups (broad SMARTS) is 2. The van der Waals surface area contributed by atoms with Gasteiger partial charge in [-0.05, 0) is 13.8 Å². The number of hydrogen-bond donors (Lipinski definition) is 2. The molecule has 0 spiro atoms. The minimum Gasteiger partial charge on any atom is -0.495 e. The van der Waals surface area contributed by atoms with Gasteiger partial charge in [-0.25, -0.2) is 14.6 Å². The number of alkyl halides is 3. The average Bonchev–Trinajstić information content (AvgIpc) is 2.34. The molecule has 1 aromatic rings. The zero-order valence-electron chi connectivity index (χ0n) is 11.7. The average molecular weight is 323 g/mol. The molecule has 0 radical (unpaired) electrons. The molecule has 7 nitrogen and oxygen atoms in total. The van der Waals surface area contributed by atoms with Crippen LogP contribution >= 0.6 is 0 Å². The zero-order valence-corrected chi connectivity index (χ0v) is 11.7. The summed E-state index contributed by atoms with van der Waals surface area (Å²) >= 11 is 0. The van der Waals surface area contributed by atoms with E-state index in [1.807, 2.05) is 0 Å². The summed E-state index contributed by atoms with van der Waals surface area (Å²) in [6.45, 7) is 2.89. The standard InChI is InChI=1S/C12H12F3NO6/c1-4(2)22-9-6(11(19)20)7(21-3)5(10(17)18)8(16-9)12(13,14)15/h4H,1-3H3,(H,17,18)(H,19,20). The lowest BCUT2D eigenvalue weighted by molar-refractivity contribution is -0.142. The summed E-state index contributed by atoms with van der Waals surface area (Å²) < 4.78 is 48.5. The van der Waals surface area contributed by atoms with E-state index in [0.717, 1.165) is 7.11 Å². The van der Waals surface area contributed by atoms with Gasteiger partial charge in [0, 0.05) is 0 Å². The highest BCUT2D eigenvalue weighted by Gasteiger charge is 2.42. The molecule has 122 valence electrons. The Bertz CT molecular complexity index is 612. The monoisotopic (exact) mass is 323 g/mol. The van der Waals surface area contributed by atoms with Gasteiger partial charge >= 0.3 is 18.1 Å². The maximum atomic E-state index is 13.0. The minimum atomic E-state index is -5.13. The van der Waals surface area contributed by atoms with Crippen LogP contribution in [0.1, 0.15) is 40.3 Å². The first-order valence-corrected chi connectivity index (χ1v) is 5.83. The van der Waals surface area contributed by atoms with Gasteiger partial charge in [-0.3, -0.25) is 0 Å². The van der Waals surface area contributed by atoms with E-state index >= 15 is 0 Å². The number of nitrogens with zero attached hydrogens (tertiary/aromatic N) is 1. The lowest BCUT2D eigenvalue weighted by Crippen LogP contribution is -2.22. The van der Waals surface area contributed by atoms with E-state index in [4.69, 9.17) is 14.9 Å². The molecule has 0 aliphatic heterocycles. The van der Waals surface area contributed by atoms with Crippen LogP contribution in [0.2, 0.25) is 0 Å². The van der Waals surface area contributed by atoms with E-state index in [2.05, 4.69) is 9.72 Å². The molecule has 0 atom stereocenters. The molecule has 10 heteroatoms. The number of methoxy groups -OCH3 is 1. The number of halogens is 3. The number of pyridine rings is 1. The lowest BCUT2D eigenvalue weighted by atomic mass is 10.1. The van der Waals surface area contributed by atoms with Gasteiger partial charge in [0.25, 0.3) is 0 Å². The van der Waals surface area contributed by atoms with Crippen LogP contribution in [0.3, 0.4) is 0 Å². The lowest BCUT2D eigenvalue weighted by Gasteiger charge is -2.19. The van der Waals surface area contributed by atoms with Crippen molar-refractivity contribution in [3.05, 3.63) is 16.8 Å². The molecule has 22 heavy (non-hydrogen) atoms. The molecule has 0 amide bonds. The molecule has 1 rings (SSSR count). The van der Waals surface area contributed by atoms with Crippen LogP contribution in [-0.4, -0.2) is 40.3 Å². The summed E-state index contributed by atoms with van der Waals surface area (Å²) in [5, 5.41) is 18.1. The summed E-state index contributed by atoms with van der Waals surface area (Å²) in [4.78, 5) is 25.4. The Morgan fingerprint density at radius 1 is 1.14 bits per heavy atom. The molecule has 1 heterocycles. The third kappa shape index (κ3) is 3.38. The Morgan fingerprint density at radius 3 is 1.95 bits per heavy atom. The van der Waals surface area contributed by atoms with Crippen LogP contribution in [0.25, 0.3) is 0 Å². The number of ether oxygens (including phenoxy) is 2. The normalized spacial score (nSPS) is 11.4. The third-order valence-corrected chi connectivity index (χ3v) is 2.37. The molecular formula is C12H12F3NO6. The molecule has 0 aliphatic carbocycles. The first kappa shape index (κ1) is 17.5. The molecule has 0 saturated heterocycles. The molecule has 0 bridgehead atoms. The van der Waals surface area contributed by atoms with Crippen molar-refractivity contribution in [3.63, 3.8) is 0 Å². The highest BCUT2D eigenvalue weighted by molar-refractivity contribution is 6.01. The Kier molecular flexibility index (Phi) is 4.84. The quantitative estimate of drug-likeness (QED) is 0.856. The van der Waals surface area contributed by atoms with Gasteiger partial charge in [0.05, 0.1) is 13.2 Å². The number of carboxylic acids is 2. The van der Waals surface area contributed by atoms with E-state index in [0.29, 0.717) is 0 Å². The number of carbonyl (C=O) groups is 2. The Morgan fingerprint density at radius 2 is 1.64 bits per heavy atom.